The van der Waals surface area contributed by atoms with Crippen LogP contribution >= 0.6 is 0 Å². The summed E-state index contributed by atoms with van der Waals surface area (Å²) in [5, 5.41) is 7.89. The first-order valence-corrected chi connectivity index (χ1v) is 9.22. The zero-order valence-corrected chi connectivity index (χ0v) is 17.3. The van der Waals surface area contributed by atoms with E-state index in [0.29, 0.717) is 19.8 Å². The molecule has 0 aromatic carbocycles. The van der Waals surface area contributed by atoms with Gasteiger partial charge in [-0.2, -0.15) is 0 Å². The van der Waals surface area contributed by atoms with E-state index in [2.05, 4.69) is 38.3 Å². The third kappa shape index (κ3) is 23.6. The van der Waals surface area contributed by atoms with E-state index in [-0.39, 0.29) is 23.6 Å². The Morgan fingerprint density at radius 1 is 1.11 bits per heavy atom. The van der Waals surface area contributed by atoms with Gasteiger partial charge in [0, 0.05) is 17.7 Å². The lowest BCUT2D eigenvalue weighted by atomic mass is 10.1. The van der Waals surface area contributed by atoms with Crippen LogP contribution in [0.3, 0.4) is 0 Å². The molecule has 0 aromatic rings. The number of rotatable bonds is 11. The molecule has 1 N–H and O–H groups in total. The van der Waals surface area contributed by atoms with E-state index in [1.54, 1.807) is 0 Å². The Labute approximate surface area is 168 Å². The molecule has 7 heteroatoms. The first kappa shape index (κ1) is 27.8. The molecule has 0 saturated carbocycles. The Bertz CT molecular complexity index is 493. The minimum absolute atomic E-state index is 0.147. The van der Waals surface area contributed by atoms with Crippen molar-refractivity contribution in [2.45, 2.75) is 52.6 Å². The lowest BCUT2D eigenvalue weighted by molar-refractivity contribution is -0.138. The first-order valence-electron chi connectivity index (χ1n) is 9.22. The lowest BCUT2D eigenvalue weighted by Crippen LogP contribution is -2.06. The van der Waals surface area contributed by atoms with Crippen molar-refractivity contribution >= 4 is 17.9 Å². The van der Waals surface area contributed by atoms with Gasteiger partial charge in [-0.15, -0.1) is 0 Å². The molecule has 1 aliphatic rings. The molecule has 1 aliphatic heterocycles. The number of aliphatic carboxylic acids is 1. The molecule has 0 radical (unpaired) electrons. The lowest BCUT2D eigenvalue weighted by Gasteiger charge is -2.04. The van der Waals surface area contributed by atoms with Crippen molar-refractivity contribution < 1.29 is 33.7 Å². The Balaban J connectivity index is 0. The van der Waals surface area contributed by atoms with Gasteiger partial charge < -0.3 is 19.3 Å². The summed E-state index contributed by atoms with van der Waals surface area (Å²) >= 11 is 0. The summed E-state index contributed by atoms with van der Waals surface area (Å²) < 4.78 is 14.3. The first-order chi connectivity index (χ1) is 13.1. The van der Waals surface area contributed by atoms with Crippen molar-refractivity contribution in [3.8, 4) is 0 Å². The largest absolute Gasteiger partial charge is 0.478 e. The SMILES string of the molecule is C=C(C)C(=O)O.C=CC(=O)OCC1CO1.C=CC(=O)OCCCCCC(C)C. The van der Waals surface area contributed by atoms with E-state index < -0.39 is 5.97 Å². The van der Waals surface area contributed by atoms with Crippen molar-refractivity contribution in [3.05, 3.63) is 37.5 Å². The highest BCUT2D eigenvalue weighted by Gasteiger charge is 2.23. The molecule has 0 amide bonds. The molecule has 1 rings (SSSR count). The average molecular weight is 398 g/mol. The van der Waals surface area contributed by atoms with Crippen LogP contribution in [0.25, 0.3) is 0 Å². The Hall–Kier alpha value is -2.41. The summed E-state index contributed by atoms with van der Waals surface area (Å²) in [5.74, 6) is -0.861. The van der Waals surface area contributed by atoms with E-state index in [1.807, 2.05) is 0 Å². The van der Waals surface area contributed by atoms with Crippen LogP contribution in [0.4, 0.5) is 0 Å². The number of unbranched alkanes of at least 4 members (excludes halogenated alkanes) is 2. The van der Waals surface area contributed by atoms with Gasteiger partial charge in [0.15, 0.2) is 0 Å². The molecule has 0 spiro atoms. The van der Waals surface area contributed by atoms with Crippen LogP contribution < -0.4 is 0 Å². The normalized spacial score (nSPS) is 13.6. The van der Waals surface area contributed by atoms with Crippen LogP contribution in [-0.4, -0.2) is 48.9 Å². The molecule has 1 fully saturated rings. The Morgan fingerprint density at radius 2 is 1.61 bits per heavy atom. The number of hydrogen-bond donors (Lipinski definition) is 1. The average Bonchev–Trinajstić information content (AvgIpc) is 3.47. The predicted octanol–water partition coefficient (Wildman–Crippen LogP) is 3.69. The zero-order chi connectivity index (χ0) is 21.9. The van der Waals surface area contributed by atoms with Crippen molar-refractivity contribution in [1.82, 2.24) is 0 Å². The number of carbonyl (C=O) groups is 3. The van der Waals surface area contributed by atoms with Gasteiger partial charge in [0.1, 0.15) is 12.7 Å². The van der Waals surface area contributed by atoms with E-state index in [0.717, 1.165) is 24.8 Å². The van der Waals surface area contributed by atoms with Gasteiger partial charge in [-0.05, 0) is 19.3 Å². The number of esters is 2. The fraction of sp³-hybridized carbons (Fsp3) is 0.571. The van der Waals surface area contributed by atoms with Crippen LogP contribution in [-0.2, 0) is 28.6 Å². The summed E-state index contributed by atoms with van der Waals surface area (Å²) in [4.78, 5) is 30.6. The maximum Gasteiger partial charge on any atom is 0.330 e. The van der Waals surface area contributed by atoms with Crippen molar-refractivity contribution in [2.24, 2.45) is 5.92 Å². The van der Waals surface area contributed by atoms with Crippen LogP contribution in [0.5, 0.6) is 0 Å². The smallest absolute Gasteiger partial charge is 0.330 e. The highest BCUT2D eigenvalue weighted by Crippen LogP contribution is 2.08. The van der Waals surface area contributed by atoms with Gasteiger partial charge in [0.25, 0.3) is 0 Å². The minimum atomic E-state index is -0.935. The molecule has 1 atom stereocenters. The highest BCUT2D eigenvalue weighted by molar-refractivity contribution is 5.84. The molecule has 160 valence electrons. The molecule has 28 heavy (non-hydrogen) atoms. The number of carboxylic acids is 1. The minimum Gasteiger partial charge on any atom is -0.478 e. The van der Waals surface area contributed by atoms with Gasteiger partial charge in [-0.3, -0.25) is 0 Å². The summed E-state index contributed by atoms with van der Waals surface area (Å²) in [6, 6.07) is 0. The maximum absolute atomic E-state index is 10.6. The number of hydrogen-bond acceptors (Lipinski definition) is 6. The second-order valence-corrected chi connectivity index (χ2v) is 6.49. The molecule has 1 unspecified atom stereocenters. The second-order valence-electron chi connectivity index (χ2n) is 6.49. The van der Waals surface area contributed by atoms with Gasteiger partial charge >= 0.3 is 17.9 Å². The molecule has 1 saturated heterocycles. The predicted molar refractivity (Wildman–Crippen MR) is 108 cm³/mol. The Kier molecular flexibility index (Phi) is 17.9. The van der Waals surface area contributed by atoms with E-state index >= 15 is 0 Å². The monoisotopic (exact) mass is 398 g/mol. The summed E-state index contributed by atoms with van der Waals surface area (Å²) in [6.45, 7) is 17.2. The van der Waals surface area contributed by atoms with Gasteiger partial charge in [-0.25, -0.2) is 14.4 Å². The number of epoxide rings is 1. The zero-order valence-electron chi connectivity index (χ0n) is 17.3. The van der Waals surface area contributed by atoms with Gasteiger partial charge in [-0.1, -0.05) is 52.8 Å². The molecular weight excluding hydrogens is 364 g/mol. The summed E-state index contributed by atoms with van der Waals surface area (Å²) in [5.41, 5.74) is 0.176. The van der Waals surface area contributed by atoms with Gasteiger partial charge in [0.05, 0.1) is 13.2 Å². The van der Waals surface area contributed by atoms with Crippen molar-refractivity contribution in [3.63, 3.8) is 0 Å². The van der Waals surface area contributed by atoms with Crippen LogP contribution in [0.15, 0.2) is 37.5 Å². The molecule has 0 aliphatic carbocycles. The number of carboxylic acid groups (broad SMARTS) is 1. The third-order valence-corrected chi connectivity index (χ3v) is 3.18. The summed E-state index contributed by atoms with van der Waals surface area (Å²) in [6.07, 6.45) is 7.08. The van der Waals surface area contributed by atoms with Crippen LogP contribution in [0.1, 0.15) is 46.5 Å². The van der Waals surface area contributed by atoms with Crippen molar-refractivity contribution in [2.75, 3.05) is 19.8 Å². The second kappa shape index (κ2) is 18.0. The van der Waals surface area contributed by atoms with E-state index in [1.165, 1.54) is 25.8 Å². The topological polar surface area (TPSA) is 102 Å². The number of carbonyl (C=O) groups excluding carboxylic acids is 2. The van der Waals surface area contributed by atoms with Crippen LogP contribution in [0.2, 0.25) is 0 Å². The van der Waals surface area contributed by atoms with E-state index in [9.17, 15) is 14.4 Å². The quantitative estimate of drug-likeness (QED) is 0.245. The fourth-order valence-corrected chi connectivity index (χ4v) is 1.46. The van der Waals surface area contributed by atoms with E-state index in [4.69, 9.17) is 14.6 Å². The molecule has 7 nitrogen and oxygen atoms in total. The summed E-state index contributed by atoms with van der Waals surface area (Å²) in [7, 11) is 0. The standard InChI is InChI=1S/C11H20O2.C6H8O3.C4H6O2/c1-4-11(12)13-9-7-5-6-8-10(2)3;1-2-6(7)9-4-5-3-8-5;1-3(2)4(5)6/h4,10H,1,5-9H2,2-3H3;2,5H,1,3-4H2;1H2,2H3,(H,5,6). The molecule has 0 aromatic heterocycles. The molecule has 0 bridgehead atoms. The van der Waals surface area contributed by atoms with Crippen molar-refractivity contribution in [1.29, 1.82) is 0 Å². The molecular formula is C21H34O7. The Morgan fingerprint density at radius 3 is 2.00 bits per heavy atom. The van der Waals surface area contributed by atoms with Gasteiger partial charge in [0.2, 0.25) is 0 Å². The maximum atomic E-state index is 10.6. The number of ether oxygens (including phenoxy) is 3. The third-order valence-electron chi connectivity index (χ3n) is 3.18. The highest BCUT2D eigenvalue weighted by atomic mass is 16.6. The fourth-order valence-electron chi connectivity index (χ4n) is 1.46. The molecule has 1 heterocycles. The van der Waals surface area contributed by atoms with Crippen LogP contribution in [0, 0.1) is 5.92 Å².